The first-order chi connectivity index (χ1) is 14.5. The third kappa shape index (κ3) is 3.52. The van der Waals surface area contributed by atoms with Crippen molar-refractivity contribution >= 4 is 55.2 Å². The van der Waals surface area contributed by atoms with Gasteiger partial charge in [0.05, 0.1) is 16.6 Å². The molecule has 6 nitrogen and oxygen atoms in total. The van der Waals surface area contributed by atoms with Gasteiger partial charge in [-0.25, -0.2) is 4.98 Å². The molecule has 0 bridgehead atoms. The Morgan fingerprint density at radius 3 is 2.77 bits per heavy atom. The number of amides is 1. The first-order valence-corrected chi connectivity index (χ1v) is 11.1. The van der Waals surface area contributed by atoms with Crippen molar-refractivity contribution in [2.24, 2.45) is 0 Å². The topological polar surface area (TPSA) is 62.5 Å². The Kier molecular flexibility index (Phi) is 4.87. The standard InChI is InChI=1S/C22H21ClN4O2S/c1-13-9-14(2)21-17(25-29-18(21)10-13)12-20(28)26-5-7-27(8-6-26)22-24-16-4-3-15(23)11-19(16)30-22/h3-4,9-11H,5-8,12H2,1-2H3. The summed E-state index contributed by atoms with van der Waals surface area (Å²) < 4.78 is 6.55. The summed E-state index contributed by atoms with van der Waals surface area (Å²) in [6.07, 6.45) is 0.260. The minimum absolute atomic E-state index is 0.0842. The summed E-state index contributed by atoms with van der Waals surface area (Å²) in [7, 11) is 0. The van der Waals surface area contributed by atoms with E-state index in [9.17, 15) is 4.79 Å². The minimum Gasteiger partial charge on any atom is -0.356 e. The van der Waals surface area contributed by atoms with Gasteiger partial charge in [-0.05, 0) is 49.2 Å². The van der Waals surface area contributed by atoms with Crippen LogP contribution in [0, 0.1) is 13.8 Å². The lowest BCUT2D eigenvalue weighted by atomic mass is 10.0. The Labute approximate surface area is 183 Å². The molecule has 154 valence electrons. The number of benzene rings is 2. The van der Waals surface area contributed by atoms with Crippen molar-refractivity contribution < 1.29 is 9.32 Å². The first kappa shape index (κ1) is 19.3. The zero-order valence-corrected chi connectivity index (χ0v) is 18.4. The van der Waals surface area contributed by atoms with Crippen LogP contribution >= 0.6 is 22.9 Å². The van der Waals surface area contributed by atoms with Gasteiger partial charge in [0.1, 0.15) is 5.69 Å². The molecular weight excluding hydrogens is 420 g/mol. The summed E-state index contributed by atoms with van der Waals surface area (Å²) in [6, 6.07) is 9.82. The van der Waals surface area contributed by atoms with Crippen molar-refractivity contribution in [2.45, 2.75) is 20.3 Å². The molecule has 1 aliphatic rings. The van der Waals surface area contributed by atoms with E-state index in [0.29, 0.717) is 13.1 Å². The van der Waals surface area contributed by atoms with Gasteiger partial charge in [0.2, 0.25) is 5.91 Å². The number of piperazine rings is 1. The van der Waals surface area contributed by atoms with Gasteiger partial charge in [0.25, 0.3) is 0 Å². The second-order valence-corrected chi connectivity index (χ2v) is 9.18. The lowest BCUT2D eigenvalue weighted by molar-refractivity contribution is -0.130. The smallest absolute Gasteiger partial charge is 0.228 e. The molecule has 5 rings (SSSR count). The number of carbonyl (C=O) groups excluding carboxylic acids is 1. The highest BCUT2D eigenvalue weighted by Crippen LogP contribution is 2.31. The molecule has 0 saturated carbocycles. The molecule has 1 saturated heterocycles. The summed E-state index contributed by atoms with van der Waals surface area (Å²) >= 11 is 7.73. The van der Waals surface area contributed by atoms with Crippen LogP contribution < -0.4 is 4.90 Å². The van der Waals surface area contributed by atoms with Crippen LogP contribution in [-0.2, 0) is 11.2 Å². The first-order valence-electron chi connectivity index (χ1n) is 9.92. The molecule has 1 aliphatic heterocycles. The van der Waals surface area contributed by atoms with E-state index in [4.69, 9.17) is 21.1 Å². The molecule has 0 N–H and O–H groups in total. The van der Waals surface area contributed by atoms with E-state index in [1.165, 1.54) is 0 Å². The molecular formula is C22H21ClN4O2S. The summed E-state index contributed by atoms with van der Waals surface area (Å²) in [5.41, 5.74) is 4.65. The number of fused-ring (bicyclic) bond motifs is 2. The third-order valence-electron chi connectivity index (χ3n) is 5.55. The zero-order valence-electron chi connectivity index (χ0n) is 16.8. The van der Waals surface area contributed by atoms with Crippen molar-refractivity contribution in [1.82, 2.24) is 15.0 Å². The number of carbonyl (C=O) groups is 1. The maximum atomic E-state index is 12.9. The summed E-state index contributed by atoms with van der Waals surface area (Å²) in [5.74, 6) is 0.0842. The highest BCUT2D eigenvalue weighted by molar-refractivity contribution is 7.22. The second kappa shape index (κ2) is 7.56. The molecule has 3 heterocycles. The lowest BCUT2D eigenvalue weighted by Gasteiger charge is -2.34. The van der Waals surface area contributed by atoms with Crippen LogP contribution in [0.15, 0.2) is 34.9 Å². The highest BCUT2D eigenvalue weighted by atomic mass is 35.5. The van der Waals surface area contributed by atoms with Gasteiger partial charge in [-0.3, -0.25) is 4.79 Å². The maximum Gasteiger partial charge on any atom is 0.228 e. The van der Waals surface area contributed by atoms with Gasteiger partial charge in [-0.2, -0.15) is 0 Å². The molecule has 0 spiro atoms. The Balaban J connectivity index is 1.27. The van der Waals surface area contributed by atoms with Crippen molar-refractivity contribution in [3.05, 3.63) is 52.2 Å². The number of thiazole rings is 1. The number of hydrogen-bond donors (Lipinski definition) is 0. The number of aryl methyl sites for hydroxylation is 2. The normalized spacial score (nSPS) is 14.8. The molecule has 1 fully saturated rings. The highest BCUT2D eigenvalue weighted by Gasteiger charge is 2.25. The molecule has 0 radical (unpaired) electrons. The Hall–Kier alpha value is -2.64. The second-order valence-electron chi connectivity index (χ2n) is 7.74. The largest absolute Gasteiger partial charge is 0.356 e. The molecule has 2 aromatic heterocycles. The SMILES string of the molecule is Cc1cc(C)c2c(CC(=O)N3CCN(c4nc5ccc(Cl)cc5s4)CC3)noc2c1. The van der Waals surface area contributed by atoms with E-state index in [2.05, 4.69) is 16.1 Å². The van der Waals surface area contributed by atoms with Crippen LogP contribution in [0.2, 0.25) is 5.02 Å². The quantitative estimate of drug-likeness (QED) is 0.466. The average molecular weight is 441 g/mol. The van der Waals surface area contributed by atoms with E-state index >= 15 is 0 Å². The average Bonchev–Trinajstić information content (AvgIpc) is 3.32. The monoisotopic (exact) mass is 440 g/mol. The number of hydrogen-bond acceptors (Lipinski definition) is 6. The Morgan fingerprint density at radius 2 is 1.97 bits per heavy atom. The number of anilines is 1. The van der Waals surface area contributed by atoms with Crippen LogP contribution in [0.5, 0.6) is 0 Å². The number of nitrogens with zero attached hydrogens (tertiary/aromatic N) is 4. The predicted molar refractivity (Wildman–Crippen MR) is 121 cm³/mol. The van der Waals surface area contributed by atoms with E-state index in [0.717, 1.165) is 61.3 Å². The van der Waals surface area contributed by atoms with Crippen molar-refractivity contribution in [2.75, 3.05) is 31.1 Å². The molecule has 0 unspecified atom stereocenters. The lowest BCUT2D eigenvalue weighted by Crippen LogP contribution is -2.49. The van der Waals surface area contributed by atoms with Gasteiger partial charge in [-0.1, -0.05) is 34.2 Å². The maximum absolute atomic E-state index is 12.9. The molecule has 4 aromatic rings. The van der Waals surface area contributed by atoms with Crippen molar-refractivity contribution in [3.63, 3.8) is 0 Å². The van der Waals surface area contributed by atoms with Crippen LogP contribution in [0.4, 0.5) is 5.13 Å². The van der Waals surface area contributed by atoms with Gasteiger partial charge < -0.3 is 14.3 Å². The third-order valence-corrected chi connectivity index (χ3v) is 6.86. The number of halogens is 1. The fourth-order valence-electron chi connectivity index (χ4n) is 4.06. The van der Waals surface area contributed by atoms with E-state index in [1.807, 2.05) is 43.0 Å². The molecule has 2 aromatic carbocycles. The van der Waals surface area contributed by atoms with E-state index in [1.54, 1.807) is 11.3 Å². The zero-order chi connectivity index (χ0) is 20.8. The molecule has 30 heavy (non-hydrogen) atoms. The summed E-state index contributed by atoms with van der Waals surface area (Å²) in [4.78, 5) is 21.8. The molecule has 0 aliphatic carbocycles. The van der Waals surface area contributed by atoms with E-state index < -0.39 is 0 Å². The van der Waals surface area contributed by atoms with Crippen molar-refractivity contribution in [3.8, 4) is 0 Å². The van der Waals surface area contributed by atoms with Crippen LogP contribution in [-0.4, -0.2) is 47.1 Å². The Morgan fingerprint density at radius 1 is 1.17 bits per heavy atom. The van der Waals surface area contributed by atoms with Crippen LogP contribution in [0.1, 0.15) is 16.8 Å². The van der Waals surface area contributed by atoms with Crippen molar-refractivity contribution in [1.29, 1.82) is 0 Å². The fourth-order valence-corrected chi connectivity index (χ4v) is 5.36. The minimum atomic E-state index is 0.0842. The van der Waals surface area contributed by atoms with Gasteiger partial charge in [-0.15, -0.1) is 0 Å². The van der Waals surface area contributed by atoms with Gasteiger partial charge >= 0.3 is 0 Å². The van der Waals surface area contributed by atoms with E-state index in [-0.39, 0.29) is 12.3 Å². The summed E-state index contributed by atoms with van der Waals surface area (Å²) in [5, 5.41) is 6.83. The predicted octanol–water partition coefficient (Wildman–Crippen LogP) is 4.60. The van der Waals surface area contributed by atoms with Gasteiger partial charge in [0, 0.05) is 36.6 Å². The Bertz CT molecular complexity index is 1260. The fraction of sp³-hybridized carbons (Fsp3) is 0.318. The molecule has 8 heteroatoms. The van der Waals surface area contributed by atoms with Gasteiger partial charge in [0.15, 0.2) is 10.7 Å². The van der Waals surface area contributed by atoms with Crippen LogP contribution in [0.25, 0.3) is 21.2 Å². The number of aromatic nitrogens is 2. The molecule has 1 amide bonds. The number of rotatable bonds is 3. The van der Waals surface area contributed by atoms with Crippen LogP contribution in [0.3, 0.4) is 0 Å². The molecule has 0 atom stereocenters. The summed E-state index contributed by atoms with van der Waals surface area (Å²) in [6.45, 7) is 6.92.